The van der Waals surface area contributed by atoms with E-state index in [0.29, 0.717) is 5.75 Å². The van der Waals surface area contributed by atoms with Gasteiger partial charge in [-0.25, -0.2) is 4.79 Å². The fourth-order valence-electron chi connectivity index (χ4n) is 2.77. The second-order valence-electron chi connectivity index (χ2n) is 5.47. The number of amides is 3. The SMILES string of the molecule is COc1cc(N2CCCC2)ccc1/C=C1/NC(=O)N(C)C1=O. The maximum atomic E-state index is 11.9. The highest BCUT2D eigenvalue weighted by atomic mass is 16.5. The molecule has 0 atom stereocenters. The lowest BCUT2D eigenvalue weighted by Gasteiger charge is -2.19. The first kappa shape index (κ1) is 14.4. The Morgan fingerprint density at radius 3 is 2.55 bits per heavy atom. The van der Waals surface area contributed by atoms with E-state index >= 15 is 0 Å². The van der Waals surface area contributed by atoms with Crippen molar-refractivity contribution in [3.8, 4) is 5.75 Å². The predicted molar refractivity (Wildman–Crippen MR) is 83.7 cm³/mol. The van der Waals surface area contributed by atoms with Gasteiger partial charge in [0.05, 0.1) is 7.11 Å². The summed E-state index contributed by atoms with van der Waals surface area (Å²) in [6, 6.07) is 5.49. The predicted octanol–water partition coefficient (Wildman–Crippen LogP) is 1.82. The number of hydrogen-bond acceptors (Lipinski definition) is 4. The van der Waals surface area contributed by atoms with Gasteiger partial charge in [-0.05, 0) is 31.1 Å². The summed E-state index contributed by atoms with van der Waals surface area (Å²) in [5.74, 6) is 0.351. The van der Waals surface area contributed by atoms with E-state index in [1.54, 1.807) is 13.2 Å². The van der Waals surface area contributed by atoms with Gasteiger partial charge >= 0.3 is 6.03 Å². The monoisotopic (exact) mass is 301 g/mol. The van der Waals surface area contributed by atoms with Crippen LogP contribution >= 0.6 is 0 Å². The van der Waals surface area contributed by atoms with Crippen LogP contribution in [0.2, 0.25) is 0 Å². The van der Waals surface area contributed by atoms with Gasteiger partial charge in [0.15, 0.2) is 0 Å². The Balaban J connectivity index is 1.91. The normalized spacial score (nSPS) is 20.0. The van der Waals surface area contributed by atoms with E-state index in [0.717, 1.165) is 29.2 Å². The minimum Gasteiger partial charge on any atom is -0.496 e. The summed E-state index contributed by atoms with van der Waals surface area (Å²) < 4.78 is 5.44. The van der Waals surface area contributed by atoms with Gasteiger partial charge in [-0.2, -0.15) is 0 Å². The molecule has 1 aromatic rings. The molecule has 3 rings (SSSR count). The van der Waals surface area contributed by atoms with E-state index in [1.807, 2.05) is 18.2 Å². The van der Waals surface area contributed by atoms with Gasteiger partial charge in [0.1, 0.15) is 11.4 Å². The maximum Gasteiger partial charge on any atom is 0.328 e. The molecule has 2 saturated heterocycles. The van der Waals surface area contributed by atoms with Gasteiger partial charge in [-0.1, -0.05) is 0 Å². The first-order valence-electron chi connectivity index (χ1n) is 7.34. The molecule has 1 aromatic carbocycles. The molecule has 0 spiro atoms. The van der Waals surface area contributed by atoms with Crippen LogP contribution in [0.4, 0.5) is 10.5 Å². The van der Waals surface area contributed by atoms with E-state index in [2.05, 4.69) is 10.2 Å². The standard InChI is InChI=1S/C16H19N3O3/c1-18-15(20)13(17-16(18)21)9-11-5-6-12(10-14(11)22-2)19-7-3-4-8-19/h5-6,9-10H,3-4,7-8H2,1-2H3,(H,17,21)/b13-9+. The van der Waals surface area contributed by atoms with Crippen molar-refractivity contribution in [2.24, 2.45) is 0 Å². The number of urea groups is 1. The number of imide groups is 1. The number of likely N-dealkylation sites (N-methyl/N-ethyl adjacent to an activating group) is 1. The summed E-state index contributed by atoms with van der Waals surface area (Å²) in [6.07, 6.45) is 4.07. The van der Waals surface area contributed by atoms with Crippen molar-refractivity contribution >= 4 is 23.7 Å². The van der Waals surface area contributed by atoms with Crippen LogP contribution in [0.15, 0.2) is 23.9 Å². The van der Waals surface area contributed by atoms with E-state index in [4.69, 9.17) is 4.74 Å². The number of benzene rings is 1. The van der Waals surface area contributed by atoms with Crippen LogP contribution in [0.1, 0.15) is 18.4 Å². The Bertz CT molecular complexity index is 648. The Hall–Kier alpha value is -2.50. The highest BCUT2D eigenvalue weighted by Crippen LogP contribution is 2.29. The maximum absolute atomic E-state index is 11.9. The van der Waals surface area contributed by atoms with Crippen molar-refractivity contribution in [1.82, 2.24) is 10.2 Å². The molecule has 0 radical (unpaired) electrons. The van der Waals surface area contributed by atoms with Crippen LogP contribution in [0.3, 0.4) is 0 Å². The van der Waals surface area contributed by atoms with E-state index in [1.165, 1.54) is 19.9 Å². The van der Waals surface area contributed by atoms with Gasteiger partial charge in [0.2, 0.25) is 0 Å². The molecule has 0 aromatic heterocycles. The summed E-state index contributed by atoms with van der Waals surface area (Å²) in [6.45, 7) is 2.12. The molecular formula is C16H19N3O3. The summed E-state index contributed by atoms with van der Waals surface area (Å²) in [5, 5.41) is 2.56. The average molecular weight is 301 g/mol. The second-order valence-corrected chi connectivity index (χ2v) is 5.47. The third kappa shape index (κ3) is 2.52. The van der Waals surface area contributed by atoms with E-state index in [-0.39, 0.29) is 11.6 Å². The molecule has 2 fully saturated rings. The molecule has 6 nitrogen and oxygen atoms in total. The van der Waals surface area contributed by atoms with Crippen molar-refractivity contribution in [2.45, 2.75) is 12.8 Å². The molecule has 0 saturated carbocycles. The molecule has 2 heterocycles. The summed E-state index contributed by atoms with van der Waals surface area (Å²) in [5.41, 5.74) is 2.15. The van der Waals surface area contributed by atoms with Crippen molar-refractivity contribution in [2.75, 3.05) is 32.1 Å². The van der Waals surface area contributed by atoms with Crippen LogP contribution in [0, 0.1) is 0 Å². The van der Waals surface area contributed by atoms with Crippen LogP contribution in [-0.2, 0) is 4.79 Å². The Morgan fingerprint density at radius 1 is 1.23 bits per heavy atom. The van der Waals surface area contributed by atoms with Crippen molar-refractivity contribution in [1.29, 1.82) is 0 Å². The molecule has 2 aliphatic heterocycles. The summed E-state index contributed by atoms with van der Waals surface area (Å²) >= 11 is 0. The third-order valence-corrected chi connectivity index (χ3v) is 4.07. The highest BCUT2D eigenvalue weighted by molar-refractivity contribution is 6.13. The molecule has 0 aliphatic carbocycles. The third-order valence-electron chi connectivity index (χ3n) is 4.07. The summed E-state index contributed by atoms with van der Waals surface area (Å²) in [4.78, 5) is 26.8. The number of nitrogens with zero attached hydrogens (tertiary/aromatic N) is 2. The largest absolute Gasteiger partial charge is 0.496 e. The quantitative estimate of drug-likeness (QED) is 0.683. The number of ether oxygens (including phenoxy) is 1. The lowest BCUT2D eigenvalue weighted by atomic mass is 10.1. The van der Waals surface area contributed by atoms with Crippen LogP contribution < -0.4 is 15.0 Å². The highest BCUT2D eigenvalue weighted by Gasteiger charge is 2.30. The molecule has 3 amide bonds. The van der Waals surface area contributed by atoms with Crippen molar-refractivity contribution in [3.05, 3.63) is 29.5 Å². The van der Waals surface area contributed by atoms with Gasteiger partial charge in [-0.3, -0.25) is 9.69 Å². The number of methoxy groups -OCH3 is 1. The van der Waals surface area contributed by atoms with Crippen LogP contribution in [0.5, 0.6) is 5.75 Å². The number of hydrogen-bond donors (Lipinski definition) is 1. The molecule has 116 valence electrons. The van der Waals surface area contributed by atoms with Crippen molar-refractivity contribution < 1.29 is 14.3 Å². The van der Waals surface area contributed by atoms with Crippen LogP contribution in [-0.4, -0.2) is 44.1 Å². The molecule has 0 unspecified atom stereocenters. The number of nitrogens with one attached hydrogen (secondary N) is 1. The number of carbonyl (C=O) groups excluding carboxylic acids is 2. The van der Waals surface area contributed by atoms with Crippen LogP contribution in [0.25, 0.3) is 6.08 Å². The Morgan fingerprint density at radius 2 is 1.95 bits per heavy atom. The zero-order valence-corrected chi connectivity index (χ0v) is 12.8. The van der Waals surface area contributed by atoms with Gasteiger partial charge in [-0.15, -0.1) is 0 Å². The van der Waals surface area contributed by atoms with Crippen molar-refractivity contribution in [3.63, 3.8) is 0 Å². The number of carbonyl (C=O) groups is 2. The molecule has 6 heteroatoms. The second kappa shape index (κ2) is 5.71. The number of rotatable bonds is 3. The topological polar surface area (TPSA) is 61.9 Å². The fourth-order valence-corrected chi connectivity index (χ4v) is 2.77. The molecule has 22 heavy (non-hydrogen) atoms. The Labute approximate surface area is 129 Å². The van der Waals surface area contributed by atoms with E-state index in [9.17, 15) is 9.59 Å². The first-order valence-corrected chi connectivity index (χ1v) is 7.34. The van der Waals surface area contributed by atoms with Gasteiger partial charge < -0.3 is 15.0 Å². The zero-order chi connectivity index (χ0) is 15.7. The lowest BCUT2D eigenvalue weighted by molar-refractivity contribution is -0.121. The fraction of sp³-hybridized carbons (Fsp3) is 0.375. The number of anilines is 1. The molecule has 1 N–H and O–H groups in total. The molecule has 0 bridgehead atoms. The lowest BCUT2D eigenvalue weighted by Crippen LogP contribution is -2.25. The first-order chi connectivity index (χ1) is 10.6. The average Bonchev–Trinajstić information content (AvgIpc) is 3.14. The zero-order valence-electron chi connectivity index (χ0n) is 12.8. The molecule has 2 aliphatic rings. The minimum absolute atomic E-state index is 0.264. The smallest absolute Gasteiger partial charge is 0.328 e. The summed E-state index contributed by atoms with van der Waals surface area (Å²) in [7, 11) is 3.05. The molecular weight excluding hydrogens is 282 g/mol. The van der Waals surface area contributed by atoms with Gasteiger partial charge in [0.25, 0.3) is 5.91 Å². The van der Waals surface area contributed by atoms with Gasteiger partial charge in [0, 0.05) is 37.5 Å². The minimum atomic E-state index is -0.413. The van der Waals surface area contributed by atoms with E-state index < -0.39 is 6.03 Å². The Kier molecular flexibility index (Phi) is 3.75.